The van der Waals surface area contributed by atoms with Gasteiger partial charge in [0.05, 0.1) is 6.07 Å². The molecule has 0 spiro atoms. The van der Waals surface area contributed by atoms with Crippen molar-refractivity contribution in [2.75, 3.05) is 20.6 Å². The summed E-state index contributed by atoms with van der Waals surface area (Å²) in [4.78, 5) is 6.45. The second-order valence-electron chi connectivity index (χ2n) is 6.25. The van der Waals surface area contributed by atoms with Crippen LogP contribution in [0.3, 0.4) is 0 Å². The fourth-order valence-corrected chi connectivity index (χ4v) is 2.88. The third-order valence-corrected chi connectivity index (χ3v) is 3.81. The second-order valence-corrected chi connectivity index (χ2v) is 6.25. The van der Waals surface area contributed by atoms with Crippen LogP contribution in [0, 0.1) is 11.3 Å². The Labute approximate surface area is 147 Å². The van der Waals surface area contributed by atoms with Gasteiger partial charge in [0.15, 0.2) is 5.65 Å². The molecule has 0 saturated heterocycles. The van der Waals surface area contributed by atoms with E-state index in [9.17, 15) is 0 Å². The van der Waals surface area contributed by atoms with Crippen LogP contribution in [0.4, 0.5) is 0 Å². The van der Waals surface area contributed by atoms with Crippen molar-refractivity contribution >= 4 is 11.0 Å². The number of fused-ring (bicyclic) bond motifs is 1. The molecule has 2 aromatic heterocycles. The molecule has 0 aliphatic heterocycles. The van der Waals surface area contributed by atoms with Gasteiger partial charge in [-0.3, -0.25) is 0 Å². The minimum atomic E-state index is 0.112. The van der Waals surface area contributed by atoms with Gasteiger partial charge in [0.1, 0.15) is 24.1 Å². The number of hydrogen-bond donors (Lipinski definition) is 0. The van der Waals surface area contributed by atoms with Gasteiger partial charge in [-0.2, -0.15) is 10.4 Å². The van der Waals surface area contributed by atoms with Crippen molar-refractivity contribution in [1.29, 1.82) is 5.26 Å². The molecule has 25 heavy (non-hydrogen) atoms. The van der Waals surface area contributed by atoms with Crippen molar-refractivity contribution in [3.63, 3.8) is 0 Å². The van der Waals surface area contributed by atoms with Crippen LogP contribution in [0.25, 0.3) is 22.3 Å². The molecule has 1 aromatic carbocycles. The standard InChI is InChI=1S/C19H21N5O/c1-14(13-23(2)3)25-16-8-6-15(7-9-16)18-17-5-4-11-21-19(17)24(22-18)12-10-20/h4-9,11,14H,12-13H2,1-3H3/t14-/m0/s1. The van der Waals surface area contributed by atoms with E-state index in [1.807, 2.05) is 50.5 Å². The first-order valence-electron chi connectivity index (χ1n) is 8.19. The van der Waals surface area contributed by atoms with Crippen LogP contribution in [0.5, 0.6) is 5.75 Å². The average molecular weight is 335 g/mol. The highest BCUT2D eigenvalue weighted by Crippen LogP contribution is 2.28. The first-order valence-corrected chi connectivity index (χ1v) is 8.19. The molecule has 0 saturated carbocycles. The number of aromatic nitrogens is 3. The molecule has 0 fully saturated rings. The Bertz CT molecular complexity index is 892. The predicted octanol–water partition coefficient (Wildman–Crippen LogP) is 2.95. The largest absolute Gasteiger partial charge is 0.489 e. The Morgan fingerprint density at radius 3 is 2.68 bits per heavy atom. The molecule has 0 aliphatic carbocycles. The average Bonchev–Trinajstić information content (AvgIpc) is 2.94. The zero-order valence-corrected chi connectivity index (χ0v) is 14.7. The van der Waals surface area contributed by atoms with Gasteiger partial charge in [-0.1, -0.05) is 0 Å². The molecule has 0 radical (unpaired) electrons. The number of nitrogens with zero attached hydrogens (tertiary/aromatic N) is 5. The number of likely N-dealkylation sites (N-methyl/N-ethyl adjacent to an activating group) is 1. The molecule has 1 atom stereocenters. The maximum absolute atomic E-state index is 8.98. The van der Waals surface area contributed by atoms with E-state index in [1.54, 1.807) is 10.9 Å². The zero-order valence-electron chi connectivity index (χ0n) is 14.7. The van der Waals surface area contributed by atoms with Gasteiger partial charge in [0, 0.05) is 23.7 Å². The SMILES string of the molecule is C[C@@H](CN(C)C)Oc1ccc(-c2nn(CC#N)c3ncccc23)cc1. The summed E-state index contributed by atoms with van der Waals surface area (Å²) in [6.45, 7) is 3.09. The van der Waals surface area contributed by atoms with Crippen molar-refractivity contribution in [2.24, 2.45) is 0 Å². The molecule has 128 valence electrons. The van der Waals surface area contributed by atoms with Crippen molar-refractivity contribution < 1.29 is 4.74 Å². The van der Waals surface area contributed by atoms with Crippen LogP contribution in [0.1, 0.15) is 6.92 Å². The fraction of sp³-hybridized carbons (Fsp3) is 0.316. The predicted molar refractivity (Wildman–Crippen MR) is 97.2 cm³/mol. The van der Waals surface area contributed by atoms with Crippen molar-refractivity contribution in [1.82, 2.24) is 19.7 Å². The Morgan fingerprint density at radius 1 is 1.24 bits per heavy atom. The molecule has 0 bridgehead atoms. The Morgan fingerprint density at radius 2 is 2.00 bits per heavy atom. The highest BCUT2D eigenvalue weighted by molar-refractivity contribution is 5.91. The Hall–Kier alpha value is -2.91. The molecule has 6 nitrogen and oxygen atoms in total. The van der Waals surface area contributed by atoms with Crippen molar-refractivity contribution in [2.45, 2.75) is 19.6 Å². The highest BCUT2D eigenvalue weighted by atomic mass is 16.5. The molecular formula is C19H21N5O. The summed E-state index contributed by atoms with van der Waals surface area (Å²) in [5, 5.41) is 14.5. The van der Waals surface area contributed by atoms with Crippen LogP contribution in [-0.4, -0.2) is 46.4 Å². The van der Waals surface area contributed by atoms with Gasteiger partial charge >= 0.3 is 0 Å². The second kappa shape index (κ2) is 7.32. The lowest BCUT2D eigenvalue weighted by Gasteiger charge is -2.18. The van der Waals surface area contributed by atoms with Crippen molar-refractivity contribution in [3.05, 3.63) is 42.6 Å². The van der Waals surface area contributed by atoms with Gasteiger partial charge in [-0.15, -0.1) is 0 Å². The summed E-state index contributed by atoms with van der Waals surface area (Å²) in [6, 6.07) is 13.9. The van der Waals surface area contributed by atoms with Crippen LogP contribution in [0.15, 0.2) is 42.6 Å². The number of benzene rings is 1. The minimum absolute atomic E-state index is 0.112. The summed E-state index contributed by atoms with van der Waals surface area (Å²) in [7, 11) is 4.05. The first-order chi connectivity index (χ1) is 12.1. The van der Waals surface area contributed by atoms with Crippen LogP contribution < -0.4 is 4.74 Å². The molecule has 0 unspecified atom stereocenters. The third kappa shape index (κ3) is 3.78. The third-order valence-electron chi connectivity index (χ3n) is 3.81. The van der Waals surface area contributed by atoms with Gasteiger partial charge in [0.25, 0.3) is 0 Å². The molecule has 3 rings (SSSR count). The van der Waals surface area contributed by atoms with E-state index >= 15 is 0 Å². The monoisotopic (exact) mass is 335 g/mol. The lowest BCUT2D eigenvalue weighted by atomic mass is 10.1. The number of rotatable bonds is 6. The normalized spacial score (nSPS) is 12.3. The van der Waals surface area contributed by atoms with Gasteiger partial charge < -0.3 is 9.64 Å². The van der Waals surface area contributed by atoms with Gasteiger partial charge in [0.2, 0.25) is 0 Å². The van der Waals surface area contributed by atoms with E-state index in [0.29, 0.717) is 0 Å². The minimum Gasteiger partial charge on any atom is -0.489 e. The van der Waals surface area contributed by atoms with Gasteiger partial charge in [-0.25, -0.2) is 9.67 Å². The summed E-state index contributed by atoms with van der Waals surface area (Å²) in [5.74, 6) is 0.831. The number of hydrogen-bond acceptors (Lipinski definition) is 5. The Kier molecular flexibility index (Phi) is 4.96. The number of pyridine rings is 1. The van der Waals surface area contributed by atoms with E-state index in [2.05, 4.69) is 28.0 Å². The number of nitriles is 1. The lowest BCUT2D eigenvalue weighted by Crippen LogP contribution is -2.27. The fourth-order valence-electron chi connectivity index (χ4n) is 2.88. The quantitative estimate of drug-likeness (QED) is 0.693. The molecule has 6 heteroatoms. The van der Waals surface area contributed by atoms with Crippen molar-refractivity contribution in [3.8, 4) is 23.1 Å². The smallest absolute Gasteiger partial charge is 0.159 e. The molecule has 0 amide bonds. The zero-order chi connectivity index (χ0) is 17.8. The van der Waals surface area contributed by atoms with Gasteiger partial charge in [-0.05, 0) is 57.4 Å². The van der Waals surface area contributed by atoms with E-state index in [4.69, 9.17) is 10.00 Å². The topological polar surface area (TPSA) is 67.0 Å². The summed E-state index contributed by atoms with van der Waals surface area (Å²) in [6.07, 6.45) is 1.82. The van der Waals surface area contributed by atoms with E-state index in [0.717, 1.165) is 34.6 Å². The molecule has 0 aliphatic rings. The molecular weight excluding hydrogens is 314 g/mol. The highest BCUT2D eigenvalue weighted by Gasteiger charge is 2.13. The Balaban J connectivity index is 1.88. The maximum atomic E-state index is 8.98. The number of ether oxygens (including phenoxy) is 1. The first kappa shape index (κ1) is 16.9. The molecule has 0 N–H and O–H groups in total. The van der Waals surface area contributed by atoms with E-state index < -0.39 is 0 Å². The summed E-state index contributed by atoms with van der Waals surface area (Å²) >= 11 is 0. The lowest BCUT2D eigenvalue weighted by molar-refractivity contribution is 0.177. The molecule has 3 aromatic rings. The van der Waals surface area contributed by atoms with Crippen LogP contribution in [0.2, 0.25) is 0 Å². The van der Waals surface area contributed by atoms with Crippen LogP contribution in [-0.2, 0) is 6.54 Å². The summed E-state index contributed by atoms with van der Waals surface area (Å²) < 4.78 is 7.56. The maximum Gasteiger partial charge on any atom is 0.159 e. The molecule has 2 heterocycles. The van der Waals surface area contributed by atoms with Crippen LogP contribution >= 0.6 is 0 Å². The van der Waals surface area contributed by atoms with E-state index in [-0.39, 0.29) is 12.6 Å². The van der Waals surface area contributed by atoms with E-state index in [1.165, 1.54) is 0 Å². The summed E-state index contributed by atoms with van der Waals surface area (Å²) in [5.41, 5.74) is 2.52.